The van der Waals surface area contributed by atoms with Gasteiger partial charge in [-0.1, -0.05) is 6.07 Å². The Kier molecular flexibility index (Phi) is 4.01. The van der Waals surface area contributed by atoms with Crippen LogP contribution in [0.3, 0.4) is 0 Å². The van der Waals surface area contributed by atoms with Crippen LogP contribution in [-0.4, -0.2) is 30.9 Å². The third-order valence-corrected chi connectivity index (χ3v) is 4.95. The number of aromatic nitrogens is 5. The first-order chi connectivity index (χ1) is 13.8. The summed E-state index contributed by atoms with van der Waals surface area (Å²) in [5.41, 5.74) is 2.78. The summed E-state index contributed by atoms with van der Waals surface area (Å²) < 4.78 is 7.61. The van der Waals surface area contributed by atoms with Crippen LogP contribution in [0.25, 0.3) is 22.7 Å². The Morgan fingerprint density at radius 1 is 1.25 bits per heavy atom. The number of carbonyl (C=O) groups excluding carboxylic acids is 1. The van der Waals surface area contributed by atoms with Crippen LogP contribution < -0.4 is 5.32 Å². The summed E-state index contributed by atoms with van der Waals surface area (Å²) in [5, 5.41) is 14.2. The van der Waals surface area contributed by atoms with Crippen LogP contribution >= 0.6 is 0 Å². The lowest BCUT2D eigenvalue weighted by Gasteiger charge is -2.25. The van der Waals surface area contributed by atoms with Crippen molar-refractivity contribution < 1.29 is 9.21 Å². The molecule has 8 nitrogen and oxygen atoms in total. The van der Waals surface area contributed by atoms with E-state index in [0.717, 1.165) is 24.1 Å². The summed E-state index contributed by atoms with van der Waals surface area (Å²) in [6.45, 7) is 0. The minimum absolute atomic E-state index is 0.222. The Bertz CT molecular complexity index is 1090. The van der Waals surface area contributed by atoms with Gasteiger partial charge in [0.05, 0.1) is 29.2 Å². The highest BCUT2D eigenvalue weighted by molar-refractivity contribution is 6.04. The summed E-state index contributed by atoms with van der Waals surface area (Å²) in [4.78, 5) is 17.1. The van der Waals surface area contributed by atoms with Crippen LogP contribution in [0.15, 0.2) is 59.5 Å². The molecule has 0 spiro atoms. The molecular weight excluding hydrogens is 356 g/mol. The molecule has 0 unspecified atom stereocenters. The molecule has 4 heterocycles. The zero-order valence-electron chi connectivity index (χ0n) is 15.0. The third-order valence-electron chi connectivity index (χ3n) is 4.95. The van der Waals surface area contributed by atoms with Crippen molar-refractivity contribution in [1.29, 1.82) is 0 Å². The lowest BCUT2D eigenvalue weighted by atomic mass is 9.93. The van der Waals surface area contributed by atoms with E-state index in [1.54, 1.807) is 30.7 Å². The second-order valence-corrected chi connectivity index (χ2v) is 6.78. The number of hydrogen-bond donors (Lipinski definition) is 2. The summed E-state index contributed by atoms with van der Waals surface area (Å²) in [7, 11) is 0. The molecule has 5 rings (SSSR count). The molecule has 1 fully saturated rings. The fourth-order valence-corrected chi connectivity index (χ4v) is 3.20. The van der Waals surface area contributed by atoms with Crippen molar-refractivity contribution in [3.63, 3.8) is 0 Å². The Morgan fingerprint density at radius 2 is 2.18 bits per heavy atom. The van der Waals surface area contributed by atoms with Gasteiger partial charge in [-0.15, -0.1) is 0 Å². The number of anilines is 1. The molecule has 0 atom stereocenters. The van der Waals surface area contributed by atoms with E-state index in [4.69, 9.17) is 9.52 Å². The van der Waals surface area contributed by atoms with Crippen molar-refractivity contribution in [3.05, 3.63) is 60.9 Å². The number of pyridine rings is 1. The monoisotopic (exact) mass is 374 g/mol. The van der Waals surface area contributed by atoms with Gasteiger partial charge in [0, 0.05) is 18.6 Å². The Morgan fingerprint density at radius 3 is 2.89 bits per heavy atom. The van der Waals surface area contributed by atoms with Gasteiger partial charge in [-0.25, -0.2) is 0 Å². The van der Waals surface area contributed by atoms with Gasteiger partial charge in [0.15, 0.2) is 5.76 Å². The standard InChI is InChI=1S/C20H18N6O2/c27-20(18-8-7-17(28-18)13-10-22-23-11-13)24-16-12-26(14-4-3-5-14)25-19(16)15-6-1-2-9-21-15/h1-2,6-12,14H,3-5H2,(H,22,23)(H,24,27). The molecular formula is C20H18N6O2. The molecule has 28 heavy (non-hydrogen) atoms. The first-order valence-electron chi connectivity index (χ1n) is 9.19. The minimum Gasteiger partial charge on any atom is -0.451 e. The van der Waals surface area contributed by atoms with Crippen LogP contribution in [-0.2, 0) is 0 Å². The van der Waals surface area contributed by atoms with Crippen molar-refractivity contribution in [2.75, 3.05) is 5.32 Å². The first kappa shape index (κ1) is 16.5. The molecule has 8 heteroatoms. The molecule has 0 bridgehead atoms. The van der Waals surface area contributed by atoms with Gasteiger partial charge in [0.1, 0.15) is 11.5 Å². The molecule has 2 N–H and O–H groups in total. The fourth-order valence-electron chi connectivity index (χ4n) is 3.20. The number of aromatic amines is 1. The Hall–Kier alpha value is -3.68. The van der Waals surface area contributed by atoms with Crippen LogP contribution in [0.2, 0.25) is 0 Å². The van der Waals surface area contributed by atoms with Crippen LogP contribution in [0, 0.1) is 0 Å². The SMILES string of the molecule is O=C(Nc1cn(C2CCC2)nc1-c1ccccn1)c1ccc(-c2cn[nH]c2)o1. The largest absolute Gasteiger partial charge is 0.451 e. The topological polar surface area (TPSA) is 102 Å². The summed E-state index contributed by atoms with van der Waals surface area (Å²) in [5.74, 6) is 0.466. The summed E-state index contributed by atoms with van der Waals surface area (Å²) in [6, 6.07) is 9.41. The van der Waals surface area contributed by atoms with Gasteiger partial charge in [-0.3, -0.25) is 19.6 Å². The molecule has 140 valence electrons. The highest BCUT2D eigenvalue weighted by Crippen LogP contribution is 2.34. The average Bonchev–Trinajstić information content (AvgIpc) is 3.41. The minimum atomic E-state index is -0.333. The summed E-state index contributed by atoms with van der Waals surface area (Å²) >= 11 is 0. The fraction of sp³-hybridized carbons (Fsp3) is 0.200. The lowest BCUT2D eigenvalue weighted by Crippen LogP contribution is -2.17. The number of nitrogens with one attached hydrogen (secondary N) is 2. The van der Waals surface area contributed by atoms with E-state index in [1.807, 2.05) is 29.1 Å². The maximum Gasteiger partial charge on any atom is 0.291 e. The van der Waals surface area contributed by atoms with Gasteiger partial charge in [0.25, 0.3) is 5.91 Å². The molecule has 1 aliphatic carbocycles. The smallest absolute Gasteiger partial charge is 0.291 e. The van der Waals surface area contributed by atoms with Gasteiger partial charge >= 0.3 is 0 Å². The van der Waals surface area contributed by atoms with Crippen molar-refractivity contribution in [1.82, 2.24) is 25.0 Å². The molecule has 1 aliphatic rings. The Balaban J connectivity index is 1.44. The maximum absolute atomic E-state index is 12.8. The van der Waals surface area contributed by atoms with E-state index in [0.29, 0.717) is 23.2 Å². The van der Waals surface area contributed by atoms with E-state index in [1.165, 1.54) is 6.42 Å². The quantitative estimate of drug-likeness (QED) is 0.551. The van der Waals surface area contributed by atoms with E-state index in [2.05, 4.69) is 20.5 Å². The second kappa shape index (κ2) is 6.80. The van der Waals surface area contributed by atoms with Gasteiger partial charge < -0.3 is 9.73 Å². The predicted molar refractivity (Wildman–Crippen MR) is 103 cm³/mol. The molecule has 4 aromatic rings. The lowest BCUT2D eigenvalue weighted by molar-refractivity contribution is 0.0997. The van der Waals surface area contributed by atoms with Gasteiger partial charge in [0.2, 0.25) is 0 Å². The van der Waals surface area contributed by atoms with Crippen molar-refractivity contribution >= 4 is 11.6 Å². The van der Waals surface area contributed by atoms with Crippen LogP contribution in [0.4, 0.5) is 5.69 Å². The van der Waals surface area contributed by atoms with Crippen LogP contribution in [0.1, 0.15) is 35.9 Å². The highest BCUT2D eigenvalue weighted by atomic mass is 16.3. The zero-order valence-corrected chi connectivity index (χ0v) is 15.0. The normalized spacial score (nSPS) is 14.0. The Labute approximate surface area is 160 Å². The van der Waals surface area contributed by atoms with Crippen molar-refractivity contribution in [2.45, 2.75) is 25.3 Å². The number of hydrogen-bond acceptors (Lipinski definition) is 5. The van der Waals surface area contributed by atoms with Gasteiger partial charge in [-0.2, -0.15) is 10.2 Å². The molecule has 0 aliphatic heterocycles. The predicted octanol–water partition coefficient (Wildman–Crippen LogP) is 3.91. The van der Waals surface area contributed by atoms with Gasteiger partial charge in [-0.05, 0) is 43.5 Å². The first-order valence-corrected chi connectivity index (χ1v) is 9.19. The average molecular weight is 374 g/mol. The summed E-state index contributed by atoms with van der Waals surface area (Å²) in [6.07, 6.45) is 10.4. The highest BCUT2D eigenvalue weighted by Gasteiger charge is 2.24. The van der Waals surface area contributed by atoms with E-state index < -0.39 is 0 Å². The van der Waals surface area contributed by atoms with E-state index in [-0.39, 0.29) is 11.7 Å². The molecule has 0 aromatic carbocycles. The molecule has 0 radical (unpaired) electrons. The molecule has 0 saturated heterocycles. The maximum atomic E-state index is 12.8. The number of carbonyl (C=O) groups is 1. The molecule has 4 aromatic heterocycles. The number of H-pyrrole nitrogens is 1. The number of amides is 1. The molecule has 1 saturated carbocycles. The number of furan rings is 1. The van der Waals surface area contributed by atoms with E-state index >= 15 is 0 Å². The second-order valence-electron chi connectivity index (χ2n) is 6.78. The van der Waals surface area contributed by atoms with E-state index in [9.17, 15) is 4.79 Å². The molecule has 1 amide bonds. The van der Waals surface area contributed by atoms with Crippen LogP contribution in [0.5, 0.6) is 0 Å². The third kappa shape index (κ3) is 2.98. The van der Waals surface area contributed by atoms with Crippen molar-refractivity contribution in [3.8, 4) is 22.7 Å². The van der Waals surface area contributed by atoms with Crippen molar-refractivity contribution in [2.24, 2.45) is 0 Å². The number of nitrogens with zero attached hydrogens (tertiary/aromatic N) is 4. The number of rotatable bonds is 5. The zero-order chi connectivity index (χ0) is 18.9.